The second-order valence-corrected chi connectivity index (χ2v) is 7.13. The molecule has 3 aromatic rings. The van der Waals surface area contributed by atoms with Crippen molar-refractivity contribution >= 4 is 17.9 Å². The zero-order valence-electron chi connectivity index (χ0n) is 16.2. The third kappa shape index (κ3) is 3.55. The van der Waals surface area contributed by atoms with Crippen molar-refractivity contribution in [2.45, 2.75) is 19.2 Å². The number of hydrogen-bond donors (Lipinski definition) is 2. The molecule has 30 heavy (non-hydrogen) atoms. The lowest BCUT2D eigenvalue weighted by Crippen LogP contribution is -2.34. The third-order valence-electron chi connectivity index (χ3n) is 5.27. The molecular weight excluding hydrogens is 385 g/mol. The number of aliphatic hydroxyl groups excluding tert-OH is 1. The zero-order chi connectivity index (χ0) is 21.3. The van der Waals surface area contributed by atoms with Gasteiger partial charge in [0.1, 0.15) is 12.1 Å². The Balaban J connectivity index is 1.66. The monoisotopic (exact) mass is 405 g/mol. The highest BCUT2D eigenvalue weighted by Crippen LogP contribution is 2.43. The smallest absolute Gasteiger partial charge is 0.251 e. The van der Waals surface area contributed by atoms with Gasteiger partial charge in [-0.1, -0.05) is 18.2 Å². The summed E-state index contributed by atoms with van der Waals surface area (Å²) < 4.78 is 13.1. The maximum Gasteiger partial charge on any atom is 0.251 e. The standard InChI is InChI=1S/C23H20FN3O3/c1-14(15-2-5-17(24)6-3-15)26-22(29)16-4-7-19-18-8-9-25-13-20(18)23(30)27(10-11-28)21(19)12-16/h2-9,11-14,23,30H,10H2,1H3,(H,26,29)/t14-,23?/m1/s1. The number of rotatable bonds is 5. The van der Waals surface area contributed by atoms with Crippen LogP contribution in [0.1, 0.15) is 40.7 Å². The number of carbonyl (C=O) groups is 2. The number of anilines is 1. The summed E-state index contributed by atoms with van der Waals surface area (Å²) in [5.74, 6) is -0.646. The Morgan fingerprint density at radius 1 is 1.23 bits per heavy atom. The number of fused-ring (bicyclic) bond motifs is 3. The van der Waals surface area contributed by atoms with Crippen LogP contribution in [0.2, 0.25) is 0 Å². The quantitative estimate of drug-likeness (QED) is 0.636. The average molecular weight is 405 g/mol. The molecule has 1 aliphatic heterocycles. The van der Waals surface area contributed by atoms with E-state index in [9.17, 15) is 19.1 Å². The van der Waals surface area contributed by atoms with Gasteiger partial charge in [-0.15, -0.1) is 0 Å². The third-order valence-corrected chi connectivity index (χ3v) is 5.27. The molecule has 0 bridgehead atoms. The van der Waals surface area contributed by atoms with Crippen LogP contribution < -0.4 is 10.2 Å². The molecule has 2 heterocycles. The van der Waals surface area contributed by atoms with E-state index >= 15 is 0 Å². The molecule has 2 atom stereocenters. The minimum Gasteiger partial charge on any atom is -0.369 e. The van der Waals surface area contributed by atoms with E-state index in [1.807, 2.05) is 6.92 Å². The number of aldehydes is 1. The van der Waals surface area contributed by atoms with Crippen molar-refractivity contribution in [1.82, 2.24) is 10.3 Å². The Bertz CT molecular complexity index is 1100. The van der Waals surface area contributed by atoms with Crippen molar-refractivity contribution in [3.63, 3.8) is 0 Å². The molecule has 0 saturated carbocycles. The minimum atomic E-state index is -1.04. The van der Waals surface area contributed by atoms with Crippen molar-refractivity contribution in [2.24, 2.45) is 0 Å². The highest BCUT2D eigenvalue weighted by Gasteiger charge is 2.30. The summed E-state index contributed by atoms with van der Waals surface area (Å²) >= 11 is 0. The minimum absolute atomic E-state index is 0.0282. The van der Waals surface area contributed by atoms with Gasteiger partial charge in [-0.05, 0) is 48.4 Å². The van der Waals surface area contributed by atoms with E-state index in [0.717, 1.165) is 16.7 Å². The van der Waals surface area contributed by atoms with Crippen LogP contribution in [0.25, 0.3) is 11.1 Å². The first-order chi connectivity index (χ1) is 14.5. The molecule has 1 aromatic heterocycles. The lowest BCUT2D eigenvalue weighted by atomic mass is 9.92. The largest absolute Gasteiger partial charge is 0.369 e. The first kappa shape index (κ1) is 19.7. The summed E-state index contributed by atoms with van der Waals surface area (Å²) in [7, 11) is 0. The number of halogens is 1. The first-order valence-corrected chi connectivity index (χ1v) is 9.52. The number of aliphatic hydroxyl groups is 1. The fraction of sp³-hybridized carbons (Fsp3) is 0.174. The van der Waals surface area contributed by atoms with Crippen LogP contribution in [0.3, 0.4) is 0 Å². The molecule has 6 nitrogen and oxygen atoms in total. The maximum absolute atomic E-state index is 13.1. The van der Waals surface area contributed by atoms with Crippen LogP contribution in [-0.2, 0) is 4.79 Å². The van der Waals surface area contributed by atoms with Crippen molar-refractivity contribution in [2.75, 3.05) is 11.4 Å². The summed E-state index contributed by atoms with van der Waals surface area (Å²) in [6.45, 7) is 1.79. The second kappa shape index (κ2) is 8.04. The number of amides is 1. The van der Waals surface area contributed by atoms with Gasteiger partial charge in [0.25, 0.3) is 5.91 Å². The molecule has 0 spiro atoms. The van der Waals surface area contributed by atoms with Gasteiger partial charge in [-0.3, -0.25) is 9.78 Å². The highest BCUT2D eigenvalue weighted by atomic mass is 19.1. The molecule has 0 radical (unpaired) electrons. The van der Waals surface area contributed by atoms with Gasteiger partial charge >= 0.3 is 0 Å². The number of nitrogens with one attached hydrogen (secondary N) is 1. The van der Waals surface area contributed by atoms with Crippen molar-refractivity contribution < 1.29 is 19.1 Å². The summed E-state index contributed by atoms with van der Waals surface area (Å²) in [6.07, 6.45) is 2.88. The average Bonchev–Trinajstić information content (AvgIpc) is 2.76. The Morgan fingerprint density at radius 3 is 2.73 bits per heavy atom. The molecule has 0 aliphatic carbocycles. The fourth-order valence-corrected chi connectivity index (χ4v) is 3.69. The molecule has 1 unspecified atom stereocenters. The topological polar surface area (TPSA) is 82.5 Å². The van der Waals surface area contributed by atoms with E-state index in [2.05, 4.69) is 10.3 Å². The number of nitrogens with zero attached hydrogens (tertiary/aromatic N) is 2. The van der Waals surface area contributed by atoms with Gasteiger partial charge in [0.15, 0.2) is 6.23 Å². The van der Waals surface area contributed by atoms with Crippen LogP contribution in [0.4, 0.5) is 10.1 Å². The zero-order valence-corrected chi connectivity index (χ0v) is 16.2. The summed E-state index contributed by atoms with van der Waals surface area (Å²) in [4.78, 5) is 29.6. The molecular formula is C23H20FN3O3. The van der Waals surface area contributed by atoms with E-state index in [0.29, 0.717) is 23.1 Å². The molecule has 2 N–H and O–H groups in total. The van der Waals surface area contributed by atoms with Crippen LogP contribution >= 0.6 is 0 Å². The second-order valence-electron chi connectivity index (χ2n) is 7.13. The lowest BCUT2D eigenvalue weighted by molar-refractivity contribution is -0.107. The number of aromatic nitrogens is 1. The van der Waals surface area contributed by atoms with Crippen molar-refractivity contribution in [3.8, 4) is 11.1 Å². The number of pyridine rings is 1. The van der Waals surface area contributed by atoms with Gasteiger partial charge < -0.3 is 20.1 Å². The number of hydrogen-bond acceptors (Lipinski definition) is 5. The molecule has 4 rings (SSSR count). The Labute approximate surface area is 173 Å². The van der Waals surface area contributed by atoms with Gasteiger partial charge in [-0.2, -0.15) is 0 Å². The summed E-state index contributed by atoms with van der Waals surface area (Å²) in [5, 5.41) is 13.6. The maximum atomic E-state index is 13.1. The Morgan fingerprint density at radius 2 is 2.00 bits per heavy atom. The Hall–Kier alpha value is -3.58. The molecule has 1 aliphatic rings. The molecule has 0 saturated heterocycles. The van der Waals surface area contributed by atoms with E-state index in [1.165, 1.54) is 17.0 Å². The van der Waals surface area contributed by atoms with Crippen molar-refractivity contribution in [1.29, 1.82) is 0 Å². The van der Waals surface area contributed by atoms with E-state index in [4.69, 9.17) is 0 Å². The predicted molar refractivity (Wildman–Crippen MR) is 110 cm³/mol. The fourth-order valence-electron chi connectivity index (χ4n) is 3.69. The van der Waals surface area contributed by atoms with Gasteiger partial charge in [0.05, 0.1) is 12.6 Å². The summed E-state index contributed by atoms with van der Waals surface area (Å²) in [5.41, 5.74) is 3.98. The van der Waals surface area contributed by atoms with Gasteiger partial charge in [0.2, 0.25) is 0 Å². The number of carbonyl (C=O) groups excluding carboxylic acids is 2. The van der Waals surface area contributed by atoms with E-state index in [1.54, 1.807) is 48.8 Å². The van der Waals surface area contributed by atoms with Crippen LogP contribution in [-0.4, -0.2) is 28.8 Å². The molecule has 2 aromatic carbocycles. The van der Waals surface area contributed by atoms with E-state index < -0.39 is 6.23 Å². The van der Waals surface area contributed by atoms with Gasteiger partial charge in [-0.25, -0.2) is 4.39 Å². The van der Waals surface area contributed by atoms with Crippen LogP contribution in [0, 0.1) is 5.82 Å². The molecule has 7 heteroatoms. The Kier molecular flexibility index (Phi) is 5.29. The predicted octanol–water partition coefficient (Wildman–Crippen LogP) is 3.39. The first-order valence-electron chi connectivity index (χ1n) is 9.52. The normalized spacial score (nSPS) is 15.7. The molecule has 1 amide bonds. The summed E-state index contributed by atoms with van der Waals surface area (Å²) in [6, 6.07) is 12.6. The molecule has 0 fully saturated rings. The molecule has 152 valence electrons. The van der Waals surface area contributed by atoms with E-state index in [-0.39, 0.29) is 24.3 Å². The SMILES string of the molecule is C[C@@H](NC(=O)c1ccc2c(c1)N(CC=O)C(O)c1cnccc1-2)c1ccc(F)cc1. The highest BCUT2D eigenvalue weighted by molar-refractivity contribution is 5.98. The number of benzene rings is 2. The van der Waals surface area contributed by atoms with Gasteiger partial charge in [0, 0.05) is 34.8 Å². The lowest BCUT2D eigenvalue weighted by Gasteiger charge is -2.36. The van der Waals surface area contributed by atoms with Crippen molar-refractivity contribution in [3.05, 3.63) is 83.4 Å². The van der Waals surface area contributed by atoms with Crippen LogP contribution in [0.5, 0.6) is 0 Å². The van der Waals surface area contributed by atoms with Crippen LogP contribution in [0.15, 0.2) is 60.9 Å².